The number of benzene rings is 2. The highest BCUT2D eigenvalue weighted by Gasteiger charge is 2.11. The molecule has 0 bridgehead atoms. The molecule has 0 unspecified atom stereocenters. The standard InChI is InChI=1S/C22H19BrClN5O/c1-15-9-21(27-29(15)13-16-5-7-20(24)8-6-16)26-22(30)18-4-2-3-17(10-18)12-28-14-19(23)11-25-28/h2-11,14H,12-13H2,1H3,(H,26,27,30). The summed E-state index contributed by atoms with van der Waals surface area (Å²) in [5.41, 5.74) is 3.60. The molecule has 8 heteroatoms. The molecular weight excluding hydrogens is 466 g/mol. The van der Waals surface area contributed by atoms with Crippen molar-refractivity contribution in [1.29, 1.82) is 0 Å². The van der Waals surface area contributed by atoms with Crippen LogP contribution in [0.25, 0.3) is 0 Å². The van der Waals surface area contributed by atoms with Crippen molar-refractivity contribution in [2.24, 2.45) is 0 Å². The first-order valence-corrected chi connectivity index (χ1v) is 10.5. The SMILES string of the molecule is Cc1cc(NC(=O)c2cccc(Cn3cc(Br)cn3)c2)nn1Cc1ccc(Cl)cc1. The number of halogens is 2. The highest BCUT2D eigenvalue weighted by Crippen LogP contribution is 2.16. The van der Waals surface area contributed by atoms with Gasteiger partial charge in [0.25, 0.3) is 5.91 Å². The molecule has 4 aromatic rings. The quantitative estimate of drug-likeness (QED) is 0.411. The Balaban J connectivity index is 1.45. The summed E-state index contributed by atoms with van der Waals surface area (Å²) in [4.78, 5) is 12.7. The molecule has 6 nitrogen and oxygen atoms in total. The Morgan fingerprint density at radius 1 is 1.10 bits per heavy atom. The molecule has 152 valence electrons. The molecule has 2 heterocycles. The number of rotatable bonds is 6. The van der Waals surface area contributed by atoms with Crippen molar-refractivity contribution in [2.45, 2.75) is 20.0 Å². The lowest BCUT2D eigenvalue weighted by Crippen LogP contribution is -2.13. The van der Waals surface area contributed by atoms with Crippen LogP contribution in [-0.4, -0.2) is 25.5 Å². The van der Waals surface area contributed by atoms with E-state index in [-0.39, 0.29) is 5.91 Å². The molecule has 1 amide bonds. The monoisotopic (exact) mass is 483 g/mol. The summed E-state index contributed by atoms with van der Waals surface area (Å²) in [6, 6.07) is 17.0. The third kappa shape index (κ3) is 4.98. The molecular formula is C22H19BrClN5O. The van der Waals surface area contributed by atoms with Gasteiger partial charge in [0.2, 0.25) is 0 Å². The lowest BCUT2D eigenvalue weighted by atomic mass is 10.1. The van der Waals surface area contributed by atoms with Gasteiger partial charge >= 0.3 is 0 Å². The normalized spacial score (nSPS) is 10.9. The number of nitrogens with zero attached hydrogens (tertiary/aromatic N) is 4. The van der Waals surface area contributed by atoms with Gasteiger partial charge in [-0.3, -0.25) is 14.2 Å². The summed E-state index contributed by atoms with van der Waals surface area (Å²) in [7, 11) is 0. The first-order valence-electron chi connectivity index (χ1n) is 9.33. The first kappa shape index (κ1) is 20.4. The number of hydrogen-bond donors (Lipinski definition) is 1. The molecule has 0 fully saturated rings. The van der Waals surface area contributed by atoms with Gasteiger partial charge in [-0.1, -0.05) is 35.9 Å². The van der Waals surface area contributed by atoms with E-state index in [4.69, 9.17) is 11.6 Å². The van der Waals surface area contributed by atoms with E-state index in [1.807, 2.05) is 71.0 Å². The number of aromatic nitrogens is 4. The lowest BCUT2D eigenvalue weighted by molar-refractivity contribution is 0.102. The Morgan fingerprint density at radius 3 is 2.63 bits per heavy atom. The Morgan fingerprint density at radius 2 is 1.90 bits per heavy atom. The van der Waals surface area contributed by atoms with Crippen molar-refractivity contribution in [3.05, 3.63) is 98.9 Å². The highest BCUT2D eigenvalue weighted by molar-refractivity contribution is 9.10. The second kappa shape index (κ2) is 8.85. The molecule has 0 aliphatic rings. The van der Waals surface area contributed by atoms with Crippen LogP contribution in [0.5, 0.6) is 0 Å². The fourth-order valence-corrected chi connectivity index (χ4v) is 3.56. The molecule has 0 aliphatic carbocycles. The van der Waals surface area contributed by atoms with Crippen LogP contribution in [0.15, 0.2) is 71.5 Å². The van der Waals surface area contributed by atoms with E-state index in [0.717, 1.165) is 21.3 Å². The molecule has 0 atom stereocenters. The van der Waals surface area contributed by atoms with Crippen molar-refractivity contribution >= 4 is 39.3 Å². The van der Waals surface area contributed by atoms with Crippen molar-refractivity contribution in [3.8, 4) is 0 Å². The van der Waals surface area contributed by atoms with Gasteiger partial charge in [0.1, 0.15) is 0 Å². The van der Waals surface area contributed by atoms with Crippen LogP contribution in [0.2, 0.25) is 5.02 Å². The Hall–Kier alpha value is -2.90. The van der Waals surface area contributed by atoms with Crippen LogP contribution < -0.4 is 5.32 Å². The van der Waals surface area contributed by atoms with E-state index in [9.17, 15) is 4.79 Å². The summed E-state index contributed by atoms with van der Waals surface area (Å²) in [6.45, 7) is 3.15. The highest BCUT2D eigenvalue weighted by atomic mass is 79.9. The van der Waals surface area contributed by atoms with Gasteiger partial charge in [-0.05, 0) is 58.2 Å². The molecule has 1 N–H and O–H groups in total. The number of hydrogen-bond acceptors (Lipinski definition) is 3. The van der Waals surface area contributed by atoms with Crippen LogP contribution in [0.3, 0.4) is 0 Å². The predicted molar refractivity (Wildman–Crippen MR) is 121 cm³/mol. The minimum Gasteiger partial charge on any atom is -0.305 e. The third-order valence-corrected chi connectivity index (χ3v) is 5.27. The summed E-state index contributed by atoms with van der Waals surface area (Å²) in [5, 5.41) is 12.4. The molecule has 2 aromatic heterocycles. The minimum absolute atomic E-state index is 0.199. The zero-order valence-corrected chi connectivity index (χ0v) is 18.6. The van der Waals surface area contributed by atoms with E-state index in [1.54, 1.807) is 12.3 Å². The Labute approximate surface area is 187 Å². The third-order valence-electron chi connectivity index (χ3n) is 4.60. The van der Waals surface area contributed by atoms with Gasteiger partial charge in [-0.25, -0.2) is 0 Å². The fraction of sp³-hybridized carbons (Fsp3) is 0.136. The number of carbonyl (C=O) groups excluding carboxylic acids is 1. The van der Waals surface area contributed by atoms with Crippen molar-refractivity contribution in [1.82, 2.24) is 19.6 Å². The van der Waals surface area contributed by atoms with E-state index in [2.05, 4.69) is 31.4 Å². The van der Waals surface area contributed by atoms with Crippen LogP contribution in [0.1, 0.15) is 27.2 Å². The first-order chi connectivity index (χ1) is 14.5. The number of aryl methyl sites for hydroxylation is 1. The second-order valence-electron chi connectivity index (χ2n) is 6.97. The molecule has 4 rings (SSSR count). The van der Waals surface area contributed by atoms with E-state index in [0.29, 0.717) is 29.5 Å². The smallest absolute Gasteiger partial charge is 0.256 e. The number of amides is 1. The molecule has 0 saturated heterocycles. The van der Waals surface area contributed by atoms with E-state index >= 15 is 0 Å². The second-order valence-corrected chi connectivity index (χ2v) is 8.32. The molecule has 30 heavy (non-hydrogen) atoms. The average Bonchev–Trinajstić information content (AvgIpc) is 3.28. The minimum atomic E-state index is -0.199. The zero-order valence-electron chi connectivity index (χ0n) is 16.2. The van der Waals surface area contributed by atoms with Gasteiger partial charge in [0.15, 0.2) is 5.82 Å². The number of carbonyl (C=O) groups is 1. The summed E-state index contributed by atoms with van der Waals surface area (Å²) in [6.07, 6.45) is 3.63. The molecule has 0 saturated carbocycles. The topological polar surface area (TPSA) is 64.7 Å². The molecule has 0 aliphatic heterocycles. The number of anilines is 1. The molecule has 0 radical (unpaired) electrons. The predicted octanol–water partition coefficient (Wildman–Crippen LogP) is 5.15. The largest absolute Gasteiger partial charge is 0.305 e. The van der Waals surface area contributed by atoms with E-state index in [1.165, 1.54) is 0 Å². The average molecular weight is 485 g/mol. The Bertz CT molecular complexity index is 1180. The maximum Gasteiger partial charge on any atom is 0.256 e. The maximum atomic E-state index is 12.7. The Kier molecular flexibility index (Phi) is 6.01. The summed E-state index contributed by atoms with van der Waals surface area (Å²) in [5.74, 6) is 0.322. The van der Waals surface area contributed by atoms with Gasteiger partial charge in [0.05, 0.1) is 23.8 Å². The lowest BCUT2D eigenvalue weighted by Gasteiger charge is -2.06. The van der Waals surface area contributed by atoms with E-state index < -0.39 is 0 Å². The van der Waals surface area contributed by atoms with Crippen LogP contribution >= 0.6 is 27.5 Å². The van der Waals surface area contributed by atoms with Gasteiger partial charge in [-0.2, -0.15) is 10.2 Å². The van der Waals surface area contributed by atoms with Crippen LogP contribution in [0.4, 0.5) is 5.82 Å². The number of nitrogens with one attached hydrogen (secondary N) is 1. The van der Waals surface area contributed by atoms with Crippen LogP contribution in [-0.2, 0) is 13.1 Å². The van der Waals surface area contributed by atoms with Crippen molar-refractivity contribution < 1.29 is 4.79 Å². The maximum absolute atomic E-state index is 12.7. The van der Waals surface area contributed by atoms with Crippen molar-refractivity contribution in [3.63, 3.8) is 0 Å². The summed E-state index contributed by atoms with van der Waals surface area (Å²) >= 11 is 9.34. The molecule has 2 aromatic carbocycles. The summed E-state index contributed by atoms with van der Waals surface area (Å²) < 4.78 is 4.58. The van der Waals surface area contributed by atoms with Gasteiger partial charge < -0.3 is 5.32 Å². The van der Waals surface area contributed by atoms with Gasteiger partial charge in [0, 0.05) is 28.5 Å². The zero-order chi connectivity index (χ0) is 21.1. The molecule has 0 spiro atoms. The van der Waals surface area contributed by atoms with Crippen molar-refractivity contribution in [2.75, 3.05) is 5.32 Å². The van der Waals surface area contributed by atoms with Gasteiger partial charge in [-0.15, -0.1) is 0 Å². The fourth-order valence-electron chi connectivity index (χ4n) is 3.11. The van der Waals surface area contributed by atoms with Crippen LogP contribution in [0, 0.1) is 6.92 Å².